The van der Waals surface area contributed by atoms with Gasteiger partial charge in [-0.05, 0) is 40.5 Å². The zero-order chi connectivity index (χ0) is 22.0. The number of nitrogens with zero attached hydrogens (tertiary/aromatic N) is 6. The van der Waals surface area contributed by atoms with E-state index in [0.717, 1.165) is 42.9 Å². The number of hydrogen-bond acceptors (Lipinski definition) is 8. The molecular weight excluding hydrogens is 419 g/mol. The topological polar surface area (TPSA) is 96.0 Å². The predicted molar refractivity (Wildman–Crippen MR) is 119 cm³/mol. The monoisotopic (exact) mass is 450 g/mol. The first kappa shape index (κ1) is 22.2. The normalized spacial score (nSPS) is 15.4. The fraction of sp³-hybridized carbons (Fsp3) is 0.650. The lowest BCUT2D eigenvalue weighted by Gasteiger charge is -2.22. The summed E-state index contributed by atoms with van der Waals surface area (Å²) in [6, 6.07) is 0. The summed E-state index contributed by atoms with van der Waals surface area (Å²) in [5, 5.41) is 0. The van der Waals surface area contributed by atoms with Gasteiger partial charge in [-0.3, -0.25) is 8.97 Å². The maximum absolute atomic E-state index is 12.9. The van der Waals surface area contributed by atoms with Crippen LogP contribution in [0.2, 0.25) is 0 Å². The van der Waals surface area contributed by atoms with E-state index in [2.05, 4.69) is 14.9 Å². The number of imidazole rings is 2. The highest BCUT2D eigenvalue weighted by molar-refractivity contribution is 7.53. The van der Waals surface area contributed by atoms with Gasteiger partial charge in [0.05, 0.1) is 25.1 Å². The SMILES string of the molecule is CC(C)OP(=O)(COCCn1cnc2c(N3CCCC3)nc3nccn3c21)OC(C)C. The minimum absolute atomic E-state index is 0.0863. The second-order valence-corrected chi connectivity index (χ2v) is 10.2. The van der Waals surface area contributed by atoms with Crippen molar-refractivity contribution in [1.29, 1.82) is 0 Å². The van der Waals surface area contributed by atoms with Crippen LogP contribution >= 0.6 is 7.60 Å². The summed E-state index contributed by atoms with van der Waals surface area (Å²) in [7, 11) is -3.32. The van der Waals surface area contributed by atoms with Crippen LogP contribution in [0.4, 0.5) is 5.82 Å². The molecule has 0 unspecified atom stereocenters. The number of anilines is 1. The average Bonchev–Trinajstić information content (AvgIpc) is 3.42. The van der Waals surface area contributed by atoms with E-state index in [0.29, 0.717) is 18.9 Å². The summed E-state index contributed by atoms with van der Waals surface area (Å²) in [5.74, 6) is 1.53. The highest BCUT2D eigenvalue weighted by atomic mass is 31.2. The third-order valence-corrected chi connectivity index (χ3v) is 6.94. The van der Waals surface area contributed by atoms with Crippen molar-refractivity contribution in [2.24, 2.45) is 0 Å². The Kier molecular flexibility index (Phi) is 6.62. The molecule has 4 heterocycles. The van der Waals surface area contributed by atoms with Gasteiger partial charge in [0, 0.05) is 32.0 Å². The van der Waals surface area contributed by atoms with Gasteiger partial charge in [-0.2, -0.15) is 4.98 Å². The first-order valence-electron chi connectivity index (χ1n) is 10.8. The van der Waals surface area contributed by atoms with E-state index < -0.39 is 7.60 Å². The van der Waals surface area contributed by atoms with Gasteiger partial charge < -0.3 is 23.3 Å². The molecule has 10 nitrogen and oxygen atoms in total. The van der Waals surface area contributed by atoms with Crippen LogP contribution in [0.1, 0.15) is 40.5 Å². The summed E-state index contributed by atoms with van der Waals surface area (Å²) in [5.41, 5.74) is 1.78. The van der Waals surface area contributed by atoms with Crippen LogP contribution in [0.5, 0.6) is 0 Å². The molecule has 0 aliphatic carbocycles. The molecule has 4 rings (SSSR count). The van der Waals surface area contributed by atoms with E-state index in [9.17, 15) is 4.57 Å². The maximum atomic E-state index is 12.9. The number of aromatic nitrogens is 5. The lowest BCUT2D eigenvalue weighted by atomic mass is 10.4. The van der Waals surface area contributed by atoms with Gasteiger partial charge in [0.1, 0.15) is 11.9 Å². The zero-order valence-electron chi connectivity index (χ0n) is 18.6. The van der Waals surface area contributed by atoms with Crippen LogP contribution in [0, 0.1) is 0 Å². The fourth-order valence-electron chi connectivity index (χ4n) is 3.86. The number of hydrogen-bond donors (Lipinski definition) is 0. The van der Waals surface area contributed by atoms with Crippen LogP contribution in [-0.4, -0.2) is 62.2 Å². The number of ether oxygens (including phenoxy) is 1. The largest absolute Gasteiger partial charge is 0.367 e. The smallest absolute Gasteiger partial charge is 0.356 e. The predicted octanol–water partition coefficient (Wildman–Crippen LogP) is 3.70. The van der Waals surface area contributed by atoms with Gasteiger partial charge in [0.15, 0.2) is 11.5 Å². The van der Waals surface area contributed by atoms with Crippen LogP contribution in [-0.2, 0) is 24.9 Å². The Hall–Kier alpha value is -2.00. The fourth-order valence-corrected chi connectivity index (χ4v) is 5.67. The first-order chi connectivity index (χ1) is 14.9. The minimum atomic E-state index is -3.32. The van der Waals surface area contributed by atoms with Gasteiger partial charge in [0.25, 0.3) is 0 Å². The second-order valence-electron chi connectivity index (χ2n) is 8.29. The zero-order valence-corrected chi connectivity index (χ0v) is 19.5. The van der Waals surface area contributed by atoms with Gasteiger partial charge in [0.2, 0.25) is 5.78 Å². The molecule has 3 aromatic heterocycles. The Balaban J connectivity index is 1.51. The molecule has 0 amide bonds. The summed E-state index contributed by atoms with van der Waals surface area (Å²) in [4.78, 5) is 16.1. The van der Waals surface area contributed by atoms with E-state index in [4.69, 9.17) is 18.8 Å². The van der Waals surface area contributed by atoms with Crippen molar-refractivity contribution in [2.45, 2.75) is 59.3 Å². The molecule has 170 valence electrons. The highest BCUT2D eigenvalue weighted by Gasteiger charge is 2.28. The molecule has 0 N–H and O–H groups in total. The maximum Gasteiger partial charge on any atom is 0.356 e. The van der Waals surface area contributed by atoms with Crippen molar-refractivity contribution in [3.8, 4) is 0 Å². The standard InChI is InChI=1S/C20H31N6O4P/c1-15(2)29-31(27,30-16(3)4)14-28-12-11-25-13-22-17-18(24-8-5-6-9-24)23-20-21-7-10-26(20)19(17)25/h7,10,13,15-16H,5-6,8-9,11-12,14H2,1-4H3. The van der Waals surface area contributed by atoms with E-state index in [-0.39, 0.29) is 18.6 Å². The summed E-state index contributed by atoms with van der Waals surface area (Å²) in [6.45, 7) is 10.2. The molecule has 11 heteroatoms. The van der Waals surface area contributed by atoms with Crippen molar-refractivity contribution in [3.63, 3.8) is 0 Å². The van der Waals surface area contributed by atoms with Gasteiger partial charge >= 0.3 is 7.60 Å². The quantitative estimate of drug-likeness (QED) is 0.341. The van der Waals surface area contributed by atoms with Crippen LogP contribution in [0.3, 0.4) is 0 Å². The van der Waals surface area contributed by atoms with E-state index >= 15 is 0 Å². The summed E-state index contributed by atoms with van der Waals surface area (Å²) >= 11 is 0. The van der Waals surface area contributed by atoms with Crippen molar-refractivity contribution >= 4 is 30.4 Å². The molecule has 1 aliphatic rings. The van der Waals surface area contributed by atoms with Crippen LogP contribution in [0.25, 0.3) is 16.9 Å². The second kappa shape index (κ2) is 9.24. The Morgan fingerprint density at radius 1 is 1.10 bits per heavy atom. The van der Waals surface area contributed by atoms with E-state index in [1.807, 2.05) is 42.9 Å². The minimum Gasteiger partial charge on any atom is -0.367 e. The van der Waals surface area contributed by atoms with Gasteiger partial charge in [-0.15, -0.1) is 0 Å². The number of fused-ring (bicyclic) bond motifs is 3. The first-order valence-corrected chi connectivity index (χ1v) is 12.6. The lowest BCUT2D eigenvalue weighted by molar-refractivity contribution is 0.0961. The molecule has 0 spiro atoms. The molecule has 0 bridgehead atoms. The number of rotatable bonds is 10. The molecule has 0 aromatic carbocycles. The van der Waals surface area contributed by atoms with Crippen molar-refractivity contribution in [1.82, 2.24) is 23.9 Å². The van der Waals surface area contributed by atoms with Crippen molar-refractivity contribution < 1.29 is 18.3 Å². The lowest BCUT2D eigenvalue weighted by Crippen LogP contribution is -2.20. The molecular formula is C20H31N6O4P. The third-order valence-electron chi connectivity index (χ3n) is 4.95. The van der Waals surface area contributed by atoms with Gasteiger partial charge in [-0.1, -0.05) is 0 Å². The third kappa shape index (κ3) is 4.92. The summed E-state index contributed by atoms with van der Waals surface area (Å²) in [6.07, 6.45) is 7.24. The van der Waals surface area contributed by atoms with E-state index in [1.165, 1.54) is 0 Å². The van der Waals surface area contributed by atoms with Crippen molar-refractivity contribution in [3.05, 3.63) is 18.7 Å². The Morgan fingerprint density at radius 2 is 1.81 bits per heavy atom. The Morgan fingerprint density at radius 3 is 2.48 bits per heavy atom. The molecule has 3 aromatic rings. The molecule has 0 radical (unpaired) electrons. The molecule has 1 aliphatic heterocycles. The van der Waals surface area contributed by atoms with Gasteiger partial charge in [-0.25, -0.2) is 9.97 Å². The Bertz CT molecular complexity index is 1060. The summed E-state index contributed by atoms with van der Waals surface area (Å²) < 4.78 is 33.7. The van der Waals surface area contributed by atoms with Crippen molar-refractivity contribution in [2.75, 3.05) is 30.9 Å². The molecule has 0 saturated carbocycles. The molecule has 1 fully saturated rings. The average molecular weight is 450 g/mol. The molecule has 31 heavy (non-hydrogen) atoms. The Labute approximate surface area is 182 Å². The van der Waals surface area contributed by atoms with Crippen LogP contribution < -0.4 is 4.90 Å². The van der Waals surface area contributed by atoms with E-state index in [1.54, 1.807) is 12.5 Å². The highest BCUT2D eigenvalue weighted by Crippen LogP contribution is 2.50. The molecule has 1 saturated heterocycles. The van der Waals surface area contributed by atoms with Crippen LogP contribution in [0.15, 0.2) is 18.7 Å². The molecule has 0 atom stereocenters.